The molecule has 1 fully saturated rings. The van der Waals surface area contributed by atoms with Crippen LogP contribution in [-0.4, -0.2) is 18.3 Å². The Morgan fingerprint density at radius 1 is 1.06 bits per heavy atom. The van der Waals surface area contributed by atoms with Crippen molar-refractivity contribution in [3.8, 4) is 0 Å². The summed E-state index contributed by atoms with van der Waals surface area (Å²) in [6.45, 7) is 5.46. The van der Waals surface area contributed by atoms with Crippen LogP contribution < -0.4 is 5.32 Å². The van der Waals surface area contributed by atoms with E-state index in [1.54, 1.807) is 0 Å². The van der Waals surface area contributed by atoms with Crippen LogP contribution in [0.15, 0.2) is 18.2 Å². The molecule has 0 amide bonds. The summed E-state index contributed by atoms with van der Waals surface area (Å²) in [5.41, 5.74) is 3.87. The van der Waals surface area contributed by atoms with E-state index in [-0.39, 0.29) is 5.41 Å². The van der Waals surface area contributed by atoms with Crippen LogP contribution in [0.1, 0.15) is 43.2 Å². The van der Waals surface area contributed by atoms with Crippen LogP contribution in [0, 0.1) is 19.3 Å². The maximum atomic E-state index is 9.69. The summed E-state index contributed by atoms with van der Waals surface area (Å²) in [6, 6.07) is 6.55. The Balaban J connectivity index is 2.00. The molecule has 1 saturated carbocycles. The number of hydrogen-bond acceptors (Lipinski definition) is 2. The second kappa shape index (κ2) is 5.75. The Morgan fingerprint density at radius 2 is 1.67 bits per heavy atom. The molecule has 1 aliphatic carbocycles. The van der Waals surface area contributed by atoms with Gasteiger partial charge in [0.2, 0.25) is 0 Å². The van der Waals surface area contributed by atoms with Gasteiger partial charge in [0.25, 0.3) is 0 Å². The van der Waals surface area contributed by atoms with Crippen LogP contribution >= 0.6 is 0 Å². The van der Waals surface area contributed by atoms with E-state index in [4.69, 9.17) is 0 Å². The molecule has 2 N–H and O–H groups in total. The minimum absolute atomic E-state index is 0.107. The van der Waals surface area contributed by atoms with Gasteiger partial charge in [-0.25, -0.2) is 0 Å². The zero-order valence-electron chi connectivity index (χ0n) is 11.6. The molecular formula is C16H25NO. The number of nitrogens with one attached hydrogen (secondary N) is 1. The fraction of sp³-hybridized carbons (Fsp3) is 0.625. The zero-order valence-corrected chi connectivity index (χ0v) is 11.6. The van der Waals surface area contributed by atoms with Gasteiger partial charge < -0.3 is 10.4 Å². The van der Waals surface area contributed by atoms with Crippen molar-refractivity contribution in [3.05, 3.63) is 29.3 Å². The molecule has 2 rings (SSSR count). The van der Waals surface area contributed by atoms with Gasteiger partial charge in [-0.2, -0.15) is 0 Å². The van der Waals surface area contributed by atoms with Gasteiger partial charge in [0.1, 0.15) is 0 Å². The SMILES string of the molecule is Cc1cc(C)cc(NCC2(CO)CCCCC2)c1. The summed E-state index contributed by atoms with van der Waals surface area (Å²) < 4.78 is 0. The highest BCUT2D eigenvalue weighted by molar-refractivity contribution is 5.48. The van der Waals surface area contributed by atoms with Gasteiger partial charge in [-0.15, -0.1) is 0 Å². The highest BCUT2D eigenvalue weighted by Gasteiger charge is 2.30. The minimum atomic E-state index is 0.107. The van der Waals surface area contributed by atoms with Gasteiger partial charge in [-0.05, 0) is 49.9 Å². The summed E-state index contributed by atoms with van der Waals surface area (Å²) in [5, 5.41) is 13.2. The highest BCUT2D eigenvalue weighted by Crippen LogP contribution is 2.36. The predicted molar refractivity (Wildman–Crippen MR) is 77.0 cm³/mol. The second-order valence-corrected chi connectivity index (χ2v) is 5.95. The molecule has 0 radical (unpaired) electrons. The van der Waals surface area contributed by atoms with E-state index in [1.165, 1.54) is 36.1 Å². The topological polar surface area (TPSA) is 32.3 Å². The van der Waals surface area contributed by atoms with Gasteiger partial charge in [0.15, 0.2) is 0 Å². The lowest BCUT2D eigenvalue weighted by molar-refractivity contribution is 0.0944. The first-order chi connectivity index (χ1) is 8.63. The number of hydrogen-bond donors (Lipinski definition) is 2. The van der Waals surface area contributed by atoms with E-state index in [0.29, 0.717) is 6.61 Å². The summed E-state index contributed by atoms with van der Waals surface area (Å²) in [4.78, 5) is 0. The second-order valence-electron chi connectivity index (χ2n) is 5.95. The van der Waals surface area contributed by atoms with Gasteiger partial charge in [0, 0.05) is 17.6 Å². The van der Waals surface area contributed by atoms with Crippen molar-refractivity contribution in [3.63, 3.8) is 0 Å². The average Bonchev–Trinajstić information content (AvgIpc) is 2.36. The number of aryl methyl sites for hydroxylation is 2. The molecule has 2 nitrogen and oxygen atoms in total. The Morgan fingerprint density at radius 3 is 2.22 bits per heavy atom. The largest absolute Gasteiger partial charge is 0.396 e. The lowest BCUT2D eigenvalue weighted by atomic mass is 9.74. The first kappa shape index (κ1) is 13.4. The van der Waals surface area contributed by atoms with Crippen molar-refractivity contribution in [1.82, 2.24) is 0 Å². The average molecular weight is 247 g/mol. The zero-order chi connectivity index (χ0) is 13.0. The van der Waals surface area contributed by atoms with Gasteiger partial charge in [-0.1, -0.05) is 25.3 Å². The quantitative estimate of drug-likeness (QED) is 0.851. The normalized spacial score (nSPS) is 18.6. The number of aliphatic hydroxyl groups excluding tert-OH is 1. The third-order valence-electron chi connectivity index (χ3n) is 4.14. The lowest BCUT2D eigenvalue weighted by Crippen LogP contribution is -2.35. The van der Waals surface area contributed by atoms with Crippen LogP contribution in [0.3, 0.4) is 0 Å². The Labute approximate surface area is 110 Å². The highest BCUT2D eigenvalue weighted by atomic mass is 16.3. The molecule has 0 aliphatic heterocycles. The molecule has 0 heterocycles. The fourth-order valence-corrected chi connectivity index (χ4v) is 3.06. The van der Waals surface area contributed by atoms with E-state index in [0.717, 1.165) is 19.4 Å². The van der Waals surface area contributed by atoms with Crippen molar-refractivity contribution in [2.24, 2.45) is 5.41 Å². The molecule has 2 heteroatoms. The van der Waals surface area contributed by atoms with Crippen molar-refractivity contribution in [2.75, 3.05) is 18.5 Å². The van der Waals surface area contributed by atoms with Crippen LogP contribution in [0.4, 0.5) is 5.69 Å². The first-order valence-electron chi connectivity index (χ1n) is 7.07. The van der Waals surface area contributed by atoms with Crippen molar-refractivity contribution >= 4 is 5.69 Å². The smallest absolute Gasteiger partial charge is 0.0504 e. The molecule has 0 aromatic heterocycles. The number of rotatable bonds is 4. The molecule has 0 spiro atoms. The van der Waals surface area contributed by atoms with Gasteiger partial charge >= 0.3 is 0 Å². The van der Waals surface area contributed by atoms with Crippen LogP contribution in [0.5, 0.6) is 0 Å². The lowest BCUT2D eigenvalue weighted by Gasteiger charge is -2.36. The fourth-order valence-electron chi connectivity index (χ4n) is 3.06. The molecule has 18 heavy (non-hydrogen) atoms. The van der Waals surface area contributed by atoms with Crippen LogP contribution in [0.2, 0.25) is 0 Å². The third-order valence-corrected chi connectivity index (χ3v) is 4.14. The van der Waals surface area contributed by atoms with E-state index in [2.05, 4.69) is 37.4 Å². The molecule has 1 aromatic carbocycles. The van der Waals surface area contributed by atoms with Crippen molar-refractivity contribution in [1.29, 1.82) is 0 Å². The number of aliphatic hydroxyl groups is 1. The standard InChI is InChI=1S/C16H25NO/c1-13-8-14(2)10-15(9-13)17-11-16(12-18)6-4-3-5-7-16/h8-10,17-18H,3-7,11-12H2,1-2H3. The van der Waals surface area contributed by atoms with E-state index >= 15 is 0 Å². The van der Waals surface area contributed by atoms with E-state index in [9.17, 15) is 5.11 Å². The summed E-state index contributed by atoms with van der Waals surface area (Å²) >= 11 is 0. The Bertz CT molecular complexity index is 374. The Kier molecular flexibility index (Phi) is 4.28. The summed E-state index contributed by atoms with van der Waals surface area (Å²) in [6.07, 6.45) is 6.15. The third kappa shape index (κ3) is 3.26. The van der Waals surface area contributed by atoms with Gasteiger partial charge in [0.05, 0.1) is 6.61 Å². The van der Waals surface area contributed by atoms with Crippen LogP contribution in [0.25, 0.3) is 0 Å². The number of anilines is 1. The molecule has 1 aliphatic rings. The maximum Gasteiger partial charge on any atom is 0.0504 e. The molecule has 1 aromatic rings. The predicted octanol–water partition coefficient (Wildman–Crippen LogP) is 3.66. The monoisotopic (exact) mass is 247 g/mol. The first-order valence-corrected chi connectivity index (χ1v) is 7.07. The van der Waals surface area contributed by atoms with Gasteiger partial charge in [-0.3, -0.25) is 0 Å². The van der Waals surface area contributed by atoms with Crippen molar-refractivity contribution < 1.29 is 5.11 Å². The molecular weight excluding hydrogens is 222 g/mol. The molecule has 0 unspecified atom stereocenters. The number of benzene rings is 1. The maximum absolute atomic E-state index is 9.69. The van der Waals surface area contributed by atoms with E-state index in [1.807, 2.05) is 0 Å². The molecule has 0 atom stereocenters. The molecule has 100 valence electrons. The summed E-state index contributed by atoms with van der Waals surface area (Å²) in [7, 11) is 0. The minimum Gasteiger partial charge on any atom is -0.396 e. The summed E-state index contributed by atoms with van der Waals surface area (Å²) in [5.74, 6) is 0. The van der Waals surface area contributed by atoms with E-state index < -0.39 is 0 Å². The van der Waals surface area contributed by atoms with Crippen molar-refractivity contribution in [2.45, 2.75) is 46.0 Å². The van der Waals surface area contributed by atoms with Crippen LogP contribution in [-0.2, 0) is 0 Å². The molecule has 0 bridgehead atoms. The molecule has 0 saturated heterocycles. The Hall–Kier alpha value is -1.02.